The summed E-state index contributed by atoms with van der Waals surface area (Å²) in [5, 5.41) is 4.09. The molecule has 126 valence electrons. The minimum Gasteiger partial charge on any atom is -0.356 e. The van der Waals surface area contributed by atoms with Crippen molar-refractivity contribution >= 4 is 20.8 Å². The van der Waals surface area contributed by atoms with Crippen LogP contribution in [0.4, 0.5) is 4.39 Å². The van der Waals surface area contributed by atoms with Crippen molar-refractivity contribution in [2.75, 3.05) is 7.05 Å². The Morgan fingerprint density at radius 2 is 2.13 bits per heavy atom. The van der Waals surface area contributed by atoms with Crippen LogP contribution in [0.15, 0.2) is 22.7 Å². The van der Waals surface area contributed by atoms with Crippen LogP contribution < -0.4 is 0 Å². The third-order valence-corrected chi connectivity index (χ3v) is 6.61. The molecule has 1 aromatic carbocycles. The molecule has 1 saturated heterocycles. The third-order valence-electron chi connectivity index (χ3n) is 4.18. The van der Waals surface area contributed by atoms with Gasteiger partial charge in [0.15, 0.2) is 15.4 Å². The average Bonchev–Trinajstić information content (AvgIpc) is 2.97. The lowest BCUT2D eigenvalue weighted by molar-refractivity contribution is -0.168. The summed E-state index contributed by atoms with van der Waals surface area (Å²) in [4.78, 5) is 5.58. The first-order valence-electron chi connectivity index (χ1n) is 7.31. The predicted octanol–water partition coefficient (Wildman–Crippen LogP) is 2.81. The smallest absolute Gasteiger partial charge is 0.177 e. The number of sulfone groups is 1. The Morgan fingerprint density at radius 3 is 2.74 bits per heavy atom. The van der Waals surface area contributed by atoms with E-state index in [9.17, 15) is 12.8 Å². The standard InChI is InChI=1S/C15H19FN2O4S/c1-9(14-11-6-5-10(16)7-12(11)21-17-14)23(19,20)13-8-15(2,3)22-18(13)4/h5-7,9,13H,8H2,1-4H3. The molecule has 2 atom stereocenters. The van der Waals surface area contributed by atoms with Crippen LogP contribution in [0.5, 0.6) is 0 Å². The fraction of sp³-hybridized carbons (Fsp3) is 0.533. The van der Waals surface area contributed by atoms with Crippen LogP contribution in [0.25, 0.3) is 11.0 Å². The van der Waals surface area contributed by atoms with E-state index in [1.807, 2.05) is 13.8 Å². The lowest BCUT2D eigenvalue weighted by Gasteiger charge is -2.21. The van der Waals surface area contributed by atoms with E-state index in [0.29, 0.717) is 11.8 Å². The van der Waals surface area contributed by atoms with Crippen molar-refractivity contribution in [2.24, 2.45) is 0 Å². The minimum atomic E-state index is -3.60. The van der Waals surface area contributed by atoms with Crippen molar-refractivity contribution in [3.05, 3.63) is 29.7 Å². The molecular formula is C15H19FN2O4S. The van der Waals surface area contributed by atoms with E-state index in [1.54, 1.807) is 14.0 Å². The minimum absolute atomic E-state index is 0.235. The molecule has 23 heavy (non-hydrogen) atoms. The largest absolute Gasteiger partial charge is 0.356 e. The first kappa shape index (κ1) is 16.4. The molecule has 1 aromatic heterocycles. The van der Waals surface area contributed by atoms with Crippen LogP contribution in [0.2, 0.25) is 0 Å². The summed E-state index contributed by atoms with van der Waals surface area (Å²) in [5.41, 5.74) is -0.0159. The number of hydrogen-bond acceptors (Lipinski definition) is 6. The van der Waals surface area contributed by atoms with Crippen LogP contribution in [-0.4, -0.2) is 36.7 Å². The maximum Gasteiger partial charge on any atom is 0.177 e. The number of nitrogens with zero attached hydrogens (tertiary/aromatic N) is 2. The zero-order valence-electron chi connectivity index (χ0n) is 13.4. The molecular weight excluding hydrogens is 323 g/mol. The Bertz CT molecular complexity index is 846. The van der Waals surface area contributed by atoms with Crippen LogP contribution in [0.1, 0.15) is 38.1 Å². The second-order valence-corrected chi connectivity index (χ2v) is 8.92. The van der Waals surface area contributed by atoms with Crippen molar-refractivity contribution < 1.29 is 22.2 Å². The number of halogens is 1. The molecule has 1 aliphatic heterocycles. The normalized spacial score (nSPS) is 23.4. The summed E-state index contributed by atoms with van der Waals surface area (Å²) in [6.45, 7) is 5.26. The molecule has 0 spiro atoms. The Kier molecular flexibility index (Phi) is 3.74. The molecule has 0 radical (unpaired) electrons. The lowest BCUT2D eigenvalue weighted by atomic mass is 10.1. The number of fused-ring (bicyclic) bond motifs is 1. The summed E-state index contributed by atoms with van der Waals surface area (Å²) in [6.07, 6.45) is 0.362. The zero-order valence-corrected chi connectivity index (χ0v) is 14.2. The van der Waals surface area contributed by atoms with Gasteiger partial charge < -0.3 is 4.52 Å². The van der Waals surface area contributed by atoms with E-state index < -0.39 is 31.9 Å². The highest BCUT2D eigenvalue weighted by atomic mass is 32.2. The molecule has 1 fully saturated rings. The quantitative estimate of drug-likeness (QED) is 0.854. The van der Waals surface area contributed by atoms with Gasteiger partial charge in [-0.1, -0.05) is 5.16 Å². The van der Waals surface area contributed by atoms with E-state index in [-0.39, 0.29) is 11.3 Å². The van der Waals surface area contributed by atoms with Gasteiger partial charge in [-0.15, -0.1) is 0 Å². The summed E-state index contributed by atoms with van der Waals surface area (Å²) < 4.78 is 44.2. The highest BCUT2D eigenvalue weighted by Crippen LogP contribution is 2.38. The molecule has 2 aromatic rings. The van der Waals surface area contributed by atoms with Gasteiger partial charge in [-0.2, -0.15) is 5.06 Å². The topological polar surface area (TPSA) is 72.6 Å². The van der Waals surface area contributed by atoms with Crippen LogP contribution in [-0.2, 0) is 14.7 Å². The number of rotatable bonds is 3. The highest BCUT2D eigenvalue weighted by Gasteiger charge is 2.47. The van der Waals surface area contributed by atoms with Crippen molar-refractivity contribution in [3.8, 4) is 0 Å². The molecule has 1 aliphatic rings. The summed E-state index contributed by atoms with van der Waals surface area (Å²) >= 11 is 0. The Hall–Kier alpha value is -1.51. The Morgan fingerprint density at radius 1 is 1.43 bits per heavy atom. The van der Waals surface area contributed by atoms with Gasteiger partial charge in [-0.3, -0.25) is 4.84 Å². The molecule has 6 nitrogen and oxygen atoms in total. The second-order valence-electron chi connectivity index (χ2n) is 6.50. The molecule has 3 rings (SSSR count). The van der Waals surface area contributed by atoms with Crippen molar-refractivity contribution in [3.63, 3.8) is 0 Å². The molecule has 2 unspecified atom stereocenters. The molecule has 0 N–H and O–H groups in total. The SMILES string of the molecule is CC(c1noc2cc(F)ccc12)S(=O)(=O)C1CC(C)(C)ON1C. The summed E-state index contributed by atoms with van der Waals surface area (Å²) in [5.74, 6) is -0.457. The van der Waals surface area contributed by atoms with E-state index in [0.717, 1.165) is 0 Å². The number of hydroxylamine groups is 2. The fourth-order valence-electron chi connectivity index (χ4n) is 2.97. The number of benzene rings is 1. The van der Waals surface area contributed by atoms with Crippen LogP contribution in [0, 0.1) is 5.82 Å². The van der Waals surface area contributed by atoms with Gasteiger partial charge in [-0.25, -0.2) is 12.8 Å². The first-order valence-corrected chi connectivity index (χ1v) is 8.92. The van der Waals surface area contributed by atoms with Crippen molar-refractivity contribution in [1.82, 2.24) is 10.2 Å². The van der Waals surface area contributed by atoms with E-state index >= 15 is 0 Å². The Balaban J connectivity index is 1.99. The molecule has 2 heterocycles. The molecule has 0 bridgehead atoms. The monoisotopic (exact) mass is 342 g/mol. The van der Waals surface area contributed by atoms with Gasteiger partial charge in [0.25, 0.3) is 0 Å². The van der Waals surface area contributed by atoms with Gasteiger partial charge in [0.2, 0.25) is 0 Å². The van der Waals surface area contributed by atoms with Gasteiger partial charge in [0.05, 0.1) is 5.60 Å². The van der Waals surface area contributed by atoms with Gasteiger partial charge in [0, 0.05) is 24.9 Å². The van der Waals surface area contributed by atoms with E-state index in [1.165, 1.54) is 23.3 Å². The average molecular weight is 342 g/mol. The summed E-state index contributed by atoms with van der Waals surface area (Å²) in [6, 6.07) is 3.94. The van der Waals surface area contributed by atoms with Crippen molar-refractivity contribution in [1.29, 1.82) is 0 Å². The summed E-state index contributed by atoms with van der Waals surface area (Å²) in [7, 11) is -1.99. The van der Waals surface area contributed by atoms with Crippen LogP contribution in [0.3, 0.4) is 0 Å². The second kappa shape index (κ2) is 5.25. The third kappa shape index (κ3) is 2.75. The van der Waals surface area contributed by atoms with Gasteiger partial charge in [0.1, 0.15) is 22.1 Å². The van der Waals surface area contributed by atoms with E-state index in [2.05, 4.69) is 5.16 Å². The maximum atomic E-state index is 13.2. The number of aromatic nitrogens is 1. The predicted molar refractivity (Wildman–Crippen MR) is 82.6 cm³/mol. The molecule has 0 aliphatic carbocycles. The van der Waals surface area contributed by atoms with Gasteiger partial charge >= 0.3 is 0 Å². The molecule has 8 heteroatoms. The number of hydrogen-bond donors (Lipinski definition) is 0. The van der Waals surface area contributed by atoms with Crippen molar-refractivity contribution in [2.45, 2.75) is 43.4 Å². The van der Waals surface area contributed by atoms with Crippen LogP contribution >= 0.6 is 0 Å². The Labute approximate surface area is 134 Å². The van der Waals surface area contributed by atoms with Gasteiger partial charge in [-0.05, 0) is 32.9 Å². The first-order chi connectivity index (χ1) is 10.6. The lowest BCUT2D eigenvalue weighted by Crippen LogP contribution is -2.34. The highest BCUT2D eigenvalue weighted by molar-refractivity contribution is 7.92. The fourth-order valence-corrected chi connectivity index (χ4v) is 5.02. The zero-order chi connectivity index (χ0) is 17.0. The maximum absolute atomic E-state index is 13.2. The molecule has 0 saturated carbocycles. The van der Waals surface area contributed by atoms with E-state index in [4.69, 9.17) is 9.36 Å². The molecule has 0 amide bonds.